The fraction of sp³-hybridized carbons (Fsp3) is 0.100. The zero-order valence-corrected chi connectivity index (χ0v) is 15.2. The van der Waals surface area contributed by atoms with Crippen LogP contribution in [0.5, 0.6) is 5.75 Å². The number of pyridine rings is 1. The standard InChI is InChI=1S/C20H18ClFN4O/c21-16-8-4-9-17(22)15(16)13-27-19-10-5-11-25-18(19)12-26(20(23)24)14-6-2-1-3-7-14/h1-11H,12-13H2,(H3,23,24). The van der Waals surface area contributed by atoms with Crippen molar-refractivity contribution in [2.45, 2.75) is 13.2 Å². The number of nitrogens with zero attached hydrogens (tertiary/aromatic N) is 2. The minimum Gasteiger partial charge on any atom is -0.487 e. The van der Waals surface area contributed by atoms with Crippen LogP contribution in [0.4, 0.5) is 10.1 Å². The Balaban J connectivity index is 1.82. The van der Waals surface area contributed by atoms with Gasteiger partial charge in [0.2, 0.25) is 0 Å². The molecule has 0 spiro atoms. The van der Waals surface area contributed by atoms with E-state index < -0.39 is 5.82 Å². The van der Waals surface area contributed by atoms with Crippen LogP contribution in [0, 0.1) is 11.2 Å². The fourth-order valence-electron chi connectivity index (χ4n) is 2.57. The summed E-state index contributed by atoms with van der Waals surface area (Å²) in [7, 11) is 0. The average molecular weight is 385 g/mol. The highest BCUT2D eigenvalue weighted by molar-refractivity contribution is 6.31. The number of hydrogen-bond donors (Lipinski definition) is 2. The molecule has 0 aliphatic heterocycles. The summed E-state index contributed by atoms with van der Waals surface area (Å²) in [6.07, 6.45) is 1.63. The van der Waals surface area contributed by atoms with Gasteiger partial charge in [0.1, 0.15) is 23.9 Å². The van der Waals surface area contributed by atoms with Gasteiger partial charge in [0.05, 0.1) is 11.6 Å². The van der Waals surface area contributed by atoms with Crippen LogP contribution in [0.15, 0.2) is 66.9 Å². The molecule has 0 atom stereocenters. The molecule has 1 heterocycles. The molecule has 3 rings (SSSR count). The van der Waals surface area contributed by atoms with Crippen molar-refractivity contribution < 1.29 is 9.13 Å². The van der Waals surface area contributed by atoms with Crippen molar-refractivity contribution in [3.63, 3.8) is 0 Å². The van der Waals surface area contributed by atoms with E-state index in [9.17, 15) is 4.39 Å². The second-order valence-corrected chi connectivity index (χ2v) is 6.15. The lowest BCUT2D eigenvalue weighted by Gasteiger charge is -2.23. The number of nitrogens with two attached hydrogens (primary N) is 1. The van der Waals surface area contributed by atoms with Crippen molar-refractivity contribution in [1.29, 1.82) is 5.41 Å². The zero-order valence-electron chi connectivity index (χ0n) is 14.4. The molecule has 7 heteroatoms. The molecule has 0 aliphatic rings. The molecule has 0 bridgehead atoms. The molecule has 27 heavy (non-hydrogen) atoms. The quantitative estimate of drug-likeness (QED) is 0.489. The molecule has 138 valence electrons. The molecule has 3 aromatic rings. The van der Waals surface area contributed by atoms with Gasteiger partial charge in [-0.15, -0.1) is 0 Å². The number of halogens is 2. The van der Waals surface area contributed by atoms with Crippen LogP contribution in [0.2, 0.25) is 5.02 Å². The zero-order chi connectivity index (χ0) is 19.2. The van der Waals surface area contributed by atoms with Crippen LogP contribution in [0.3, 0.4) is 0 Å². The van der Waals surface area contributed by atoms with Crippen molar-refractivity contribution in [1.82, 2.24) is 4.98 Å². The SMILES string of the molecule is N=C(N)N(Cc1ncccc1OCc1c(F)cccc1Cl)c1ccccc1. The van der Waals surface area contributed by atoms with Gasteiger partial charge in [-0.2, -0.15) is 0 Å². The van der Waals surface area contributed by atoms with E-state index in [1.807, 2.05) is 30.3 Å². The molecule has 0 fully saturated rings. The minimum atomic E-state index is -0.428. The lowest BCUT2D eigenvalue weighted by molar-refractivity contribution is 0.295. The first kappa shape index (κ1) is 18.7. The summed E-state index contributed by atoms with van der Waals surface area (Å²) < 4.78 is 19.7. The van der Waals surface area contributed by atoms with Gasteiger partial charge < -0.3 is 15.4 Å². The number of hydrogen-bond acceptors (Lipinski definition) is 3. The van der Waals surface area contributed by atoms with E-state index in [1.54, 1.807) is 35.4 Å². The van der Waals surface area contributed by atoms with E-state index in [1.165, 1.54) is 6.07 Å². The summed E-state index contributed by atoms with van der Waals surface area (Å²) in [4.78, 5) is 5.94. The number of anilines is 1. The predicted octanol–water partition coefficient (Wildman–Crippen LogP) is 4.35. The molecule has 0 unspecified atom stereocenters. The predicted molar refractivity (Wildman–Crippen MR) is 105 cm³/mol. The smallest absolute Gasteiger partial charge is 0.193 e. The third-order valence-corrected chi connectivity index (χ3v) is 4.30. The van der Waals surface area contributed by atoms with E-state index in [-0.39, 0.29) is 24.7 Å². The van der Waals surface area contributed by atoms with Crippen LogP contribution < -0.4 is 15.4 Å². The van der Waals surface area contributed by atoms with Gasteiger partial charge in [0, 0.05) is 17.4 Å². The van der Waals surface area contributed by atoms with Crippen molar-refractivity contribution in [2.24, 2.45) is 5.73 Å². The van der Waals surface area contributed by atoms with Crippen LogP contribution in [-0.4, -0.2) is 10.9 Å². The lowest BCUT2D eigenvalue weighted by Crippen LogP contribution is -2.36. The van der Waals surface area contributed by atoms with Crippen molar-refractivity contribution >= 4 is 23.2 Å². The molecule has 0 radical (unpaired) electrons. The molecule has 0 saturated heterocycles. The molecule has 2 aromatic carbocycles. The van der Waals surface area contributed by atoms with Crippen molar-refractivity contribution in [2.75, 3.05) is 4.90 Å². The van der Waals surface area contributed by atoms with Crippen LogP contribution in [0.25, 0.3) is 0 Å². The monoisotopic (exact) mass is 384 g/mol. The van der Waals surface area contributed by atoms with E-state index >= 15 is 0 Å². The third kappa shape index (κ3) is 4.54. The first-order chi connectivity index (χ1) is 13.1. The number of guanidine groups is 1. The minimum absolute atomic E-state index is 0.0321. The Morgan fingerprint density at radius 2 is 1.89 bits per heavy atom. The molecular weight excluding hydrogens is 367 g/mol. The van der Waals surface area contributed by atoms with Crippen molar-refractivity contribution in [3.8, 4) is 5.75 Å². The van der Waals surface area contributed by atoms with Crippen LogP contribution in [0.1, 0.15) is 11.3 Å². The van der Waals surface area contributed by atoms with E-state index in [2.05, 4.69) is 4.98 Å². The summed E-state index contributed by atoms with van der Waals surface area (Å²) in [5, 5.41) is 8.17. The maximum Gasteiger partial charge on any atom is 0.193 e. The second-order valence-electron chi connectivity index (χ2n) is 5.74. The highest BCUT2D eigenvalue weighted by Crippen LogP contribution is 2.25. The Morgan fingerprint density at radius 1 is 1.11 bits per heavy atom. The maximum absolute atomic E-state index is 14.0. The normalized spacial score (nSPS) is 10.4. The Hall–Kier alpha value is -3.12. The van der Waals surface area contributed by atoms with Gasteiger partial charge in [-0.25, -0.2) is 4.39 Å². The highest BCUT2D eigenvalue weighted by atomic mass is 35.5. The summed E-state index contributed by atoms with van der Waals surface area (Å²) in [5.41, 5.74) is 7.36. The number of ether oxygens (including phenoxy) is 1. The number of para-hydroxylation sites is 1. The summed E-state index contributed by atoms with van der Waals surface area (Å²) >= 11 is 6.05. The number of benzene rings is 2. The largest absolute Gasteiger partial charge is 0.487 e. The van der Waals surface area contributed by atoms with Gasteiger partial charge in [0.15, 0.2) is 5.96 Å². The second kappa shape index (κ2) is 8.51. The lowest BCUT2D eigenvalue weighted by atomic mass is 10.2. The van der Waals surface area contributed by atoms with E-state index in [0.29, 0.717) is 16.5 Å². The topological polar surface area (TPSA) is 75.2 Å². The average Bonchev–Trinajstić information content (AvgIpc) is 2.67. The fourth-order valence-corrected chi connectivity index (χ4v) is 2.78. The Labute approximate surface area is 161 Å². The number of aromatic nitrogens is 1. The van der Waals surface area contributed by atoms with E-state index in [0.717, 1.165) is 5.69 Å². The van der Waals surface area contributed by atoms with Gasteiger partial charge >= 0.3 is 0 Å². The summed E-state index contributed by atoms with van der Waals surface area (Å²) in [6, 6.07) is 17.3. The molecule has 5 nitrogen and oxygen atoms in total. The number of rotatable bonds is 6. The molecule has 3 N–H and O–H groups in total. The van der Waals surface area contributed by atoms with Crippen LogP contribution >= 0.6 is 11.6 Å². The molecular formula is C20H18ClFN4O. The molecule has 1 aromatic heterocycles. The number of nitrogens with one attached hydrogen (secondary N) is 1. The van der Waals surface area contributed by atoms with Crippen LogP contribution in [-0.2, 0) is 13.2 Å². The highest BCUT2D eigenvalue weighted by Gasteiger charge is 2.15. The van der Waals surface area contributed by atoms with Crippen molar-refractivity contribution in [3.05, 3.63) is 89.0 Å². The van der Waals surface area contributed by atoms with Gasteiger partial charge in [-0.05, 0) is 36.4 Å². The first-order valence-corrected chi connectivity index (χ1v) is 8.60. The molecule has 0 saturated carbocycles. The third-order valence-electron chi connectivity index (χ3n) is 3.95. The van der Waals surface area contributed by atoms with Gasteiger partial charge in [-0.3, -0.25) is 10.4 Å². The molecule has 0 amide bonds. The Kier molecular flexibility index (Phi) is 5.88. The molecule has 0 aliphatic carbocycles. The maximum atomic E-state index is 14.0. The van der Waals surface area contributed by atoms with E-state index in [4.69, 9.17) is 27.5 Å². The summed E-state index contributed by atoms with van der Waals surface area (Å²) in [6.45, 7) is 0.204. The van der Waals surface area contributed by atoms with Gasteiger partial charge in [-0.1, -0.05) is 35.9 Å². The Morgan fingerprint density at radius 3 is 2.59 bits per heavy atom. The summed E-state index contributed by atoms with van der Waals surface area (Å²) in [5.74, 6) is -0.0726. The van der Waals surface area contributed by atoms with Gasteiger partial charge in [0.25, 0.3) is 0 Å². The Bertz CT molecular complexity index is 916. The first-order valence-electron chi connectivity index (χ1n) is 8.22.